The van der Waals surface area contributed by atoms with Crippen LogP contribution in [0.5, 0.6) is 5.75 Å². The Labute approximate surface area is 213 Å². The highest BCUT2D eigenvalue weighted by molar-refractivity contribution is 6.00. The summed E-state index contributed by atoms with van der Waals surface area (Å²) in [4.78, 5) is 46.9. The number of urea groups is 1. The van der Waals surface area contributed by atoms with Gasteiger partial charge in [0.25, 0.3) is 0 Å². The van der Waals surface area contributed by atoms with Gasteiger partial charge in [-0.15, -0.1) is 0 Å². The van der Waals surface area contributed by atoms with Crippen molar-refractivity contribution < 1.29 is 34.1 Å². The number of hydrogen-bond acceptors (Lipinski definition) is 5. The summed E-state index contributed by atoms with van der Waals surface area (Å²) in [5.74, 6) is -2.47. The molecule has 3 aromatic rings. The second-order valence-electron chi connectivity index (χ2n) is 8.18. The third-order valence-corrected chi connectivity index (χ3v) is 5.26. The van der Waals surface area contributed by atoms with E-state index in [1.54, 1.807) is 30.3 Å². The van der Waals surface area contributed by atoms with E-state index >= 15 is 0 Å². The van der Waals surface area contributed by atoms with Gasteiger partial charge in [-0.3, -0.25) is 9.59 Å². The molecule has 10 nitrogen and oxygen atoms in total. The van der Waals surface area contributed by atoms with Crippen LogP contribution in [0.4, 0.5) is 21.9 Å². The van der Waals surface area contributed by atoms with Crippen LogP contribution in [0.3, 0.4) is 0 Å². The van der Waals surface area contributed by atoms with Crippen LogP contribution < -0.4 is 20.7 Å². The largest absolute Gasteiger partial charge is 0.493 e. The summed E-state index contributed by atoms with van der Waals surface area (Å²) in [6.45, 7) is 1.92. The minimum atomic E-state index is -1.20. The molecule has 192 valence electrons. The third kappa shape index (κ3) is 8.39. The van der Waals surface area contributed by atoms with Gasteiger partial charge in [-0.2, -0.15) is 0 Å². The van der Waals surface area contributed by atoms with Gasteiger partial charge in [0.1, 0.15) is 11.3 Å². The lowest BCUT2D eigenvalue weighted by Crippen LogP contribution is -2.20. The molecule has 0 aliphatic rings. The van der Waals surface area contributed by atoms with Gasteiger partial charge < -0.3 is 30.9 Å². The number of carbonyl (C=O) groups is 4. The van der Waals surface area contributed by atoms with E-state index in [0.29, 0.717) is 22.6 Å². The van der Waals surface area contributed by atoms with Crippen LogP contribution >= 0.6 is 0 Å². The highest BCUT2D eigenvalue weighted by atomic mass is 16.5. The van der Waals surface area contributed by atoms with Crippen molar-refractivity contribution >= 4 is 40.9 Å². The summed E-state index contributed by atoms with van der Waals surface area (Å²) in [6, 6.07) is 18.0. The molecule has 5 N–H and O–H groups in total. The second-order valence-corrected chi connectivity index (χ2v) is 8.18. The number of para-hydroxylation sites is 1. The molecule has 0 aliphatic heterocycles. The number of anilines is 3. The van der Waals surface area contributed by atoms with E-state index in [4.69, 9.17) is 9.84 Å². The first-order chi connectivity index (χ1) is 17.7. The Balaban J connectivity index is 1.55. The molecule has 0 heterocycles. The zero-order valence-corrected chi connectivity index (χ0v) is 20.1. The van der Waals surface area contributed by atoms with E-state index in [9.17, 15) is 24.3 Å². The van der Waals surface area contributed by atoms with Crippen LogP contribution in [0.15, 0.2) is 66.7 Å². The van der Waals surface area contributed by atoms with Crippen molar-refractivity contribution in [2.45, 2.75) is 26.2 Å². The molecule has 0 radical (unpaired) electrons. The van der Waals surface area contributed by atoms with E-state index < -0.39 is 11.9 Å². The molecule has 0 unspecified atom stereocenters. The van der Waals surface area contributed by atoms with Crippen molar-refractivity contribution in [1.82, 2.24) is 0 Å². The lowest BCUT2D eigenvalue weighted by Gasteiger charge is -2.12. The van der Waals surface area contributed by atoms with Gasteiger partial charge >= 0.3 is 18.0 Å². The molecule has 3 rings (SSSR count). The topological polar surface area (TPSA) is 154 Å². The van der Waals surface area contributed by atoms with Crippen LogP contribution in [0.2, 0.25) is 0 Å². The molecule has 0 fully saturated rings. The minimum Gasteiger partial charge on any atom is -0.493 e. The fourth-order valence-electron chi connectivity index (χ4n) is 3.40. The van der Waals surface area contributed by atoms with Crippen LogP contribution in [0, 0.1) is 6.92 Å². The van der Waals surface area contributed by atoms with Crippen molar-refractivity contribution in [3.8, 4) is 5.75 Å². The molecule has 0 atom stereocenters. The van der Waals surface area contributed by atoms with Crippen LogP contribution in [0.25, 0.3) is 0 Å². The van der Waals surface area contributed by atoms with Crippen molar-refractivity contribution in [1.29, 1.82) is 0 Å². The number of aryl methyl sites for hydroxylation is 1. The summed E-state index contributed by atoms with van der Waals surface area (Å²) < 4.78 is 5.44. The Bertz CT molecular complexity index is 1290. The number of amides is 3. The molecule has 3 amide bonds. The van der Waals surface area contributed by atoms with E-state index in [2.05, 4.69) is 16.0 Å². The first-order valence-electron chi connectivity index (χ1n) is 11.5. The molecule has 0 bridgehead atoms. The summed E-state index contributed by atoms with van der Waals surface area (Å²) in [6.07, 6.45) is 0.152. The van der Waals surface area contributed by atoms with Crippen LogP contribution in [-0.4, -0.2) is 40.7 Å². The van der Waals surface area contributed by atoms with Gasteiger partial charge in [-0.1, -0.05) is 30.3 Å². The SMILES string of the molecule is Cc1ccccc1NC(=O)Nc1ccc(CC(=O)Nc2ccc(C(=O)O)c(OCCCC(=O)O)c2)cc1. The van der Waals surface area contributed by atoms with Crippen molar-refractivity contribution in [2.24, 2.45) is 0 Å². The van der Waals surface area contributed by atoms with Crippen molar-refractivity contribution in [3.63, 3.8) is 0 Å². The number of aliphatic carboxylic acids is 1. The summed E-state index contributed by atoms with van der Waals surface area (Å²) in [7, 11) is 0. The predicted octanol–water partition coefficient (Wildman–Crippen LogP) is 4.76. The number of carbonyl (C=O) groups excluding carboxylic acids is 2. The number of rotatable bonds is 11. The van der Waals surface area contributed by atoms with Gasteiger partial charge in [-0.25, -0.2) is 9.59 Å². The maximum Gasteiger partial charge on any atom is 0.339 e. The van der Waals surface area contributed by atoms with Gasteiger partial charge in [0.15, 0.2) is 0 Å². The Kier molecular flexibility index (Phi) is 9.20. The van der Waals surface area contributed by atoms with E-state index in [0.717, 1.165) is 5.56 Å². The maximum absolute atomic E-state index is 12.5. The Morgan fingerprint density at radius 2 is 1.54 bits per heavy atom. The Morgan fingerprint density at radius 1 is 0.838 bits per heavy atom. The van der Waals surface area contributed by atoms with E-state index in [-0.39, 0.29) is 49.1 Å². The molecular formula is C27H27N3O7. The maximum atomic E-state index is 12.5. The molecule has 0 aromatic heterocycles. The Hall–Kier alpha value is -4.86. The standard InChI is InChI=1S/C27H27N3O7/c1-17-5-2-3-6-22(17)30-27(36)29-19-10-8-18(9-11-19)15-24(31)28-20-12-13-21(26(34)35)23(16-20)37-14-4-7-25(32)33/h2-3,5-6,8-13,16H,4,7,14-15H2,1H3,(H,28,31)(H,32,33)(H,34,35)(H2,29,30,36). The average Bonchev–Trinajstić information content (AvgIpc) is 2.84. The molecule has 3 aromatic carbocycles. The quantitative estimate of drug-likeness (QED) is 0.235. The highest BCUT2D eigenvalue weighted by Crippen LogP contribution is 2.24. The smallest absolute Gasteiger partial charge is 0.339 e. The highest BCUT2D eigenvalue weighted by Gasteiger charge is 2.14. The molecule has 0 saturated carbocycles. The first-order valence-corrected chi connectivity index (χ1v) is 11.5. The van der Waals surface area contributed by atoms with Gasteiger partial charge in [0.2, 0.25) is 5.91 Å². The monoisotopic (exact) mass is 505 g/mol. The normalized spacial score (nSPS) is 10.3. The van der Waals surface area contributed by atoms with Crippen molar-refractivity contribution in [2.75, 3.05) is 22.6 Å². The predicted molar refractivity (Wildman–Crippen MR) is 138 cm³/mol. The van der Waals surface area contributed by atoms with Crippen molar-refractivity contribution in [3.05, 3.63) is 83.4 Å². The number of nitrogens with one attached hydrogen (secondary N) is 3. The summed E-state index contributed by atoms with van der Waals surface area (Å²) >= 11 is 0. The fraction of sp³-hybridized carbons (Fsp3) is 0.185. The zero-order valence-electron chi connectivity index (χ0n) is 20.1. The molecule has 0 spiro atoms. The molecule has 0 saturated heterocycles. The molecule has 37 heavy (non-hydrogen) atoms. The minimum absolute atomic E-state index is 0.0212. The number of carboxylic acid groups (broad SMARTS) is 2. The molecule has 0 aliphatic carbocycles. The van der Waals surface area contributed by atoms with E-state index in [1.165, 1.54) is 18.2 Å². The Morgan fingerprint density at radius 3 is 2.22 bits per heavy atom. The van der Waals surface area contributed by atoms with Gasteiger partial charge in [-0.05, 0) is 54.8 Å². The number of carboxylic acids is 2. The molecule has 10 heteroatoms. The molecular weight excluding hydrogens is 478 g/mol. The first kappa shape index (κ1) is 26.7. The number of benzene rings is 3. The third-order valence-electron chi connectivity index (χ3n) is 5.26. The summed E-state index contributed by atoms with van der Waals surface area (Å²) in [5.41, 5.74) is 3.16. The van der Waals surface area contributed by atoms with E-state index in [1.807, 2.05) is 25.1 Å². The van der Waals surface area contributed by atoms with Gasteiger partial charge in [0.05, 0.1) is 13.0 Å². The average molecular weight is 506 g/mol. The number of hydrogen-bond donors (Lipinski definition) is 5. The number of ether oxygens (including phenoxy) is 1. The second kappa shape index (κ2) is 12.7. The van der Waals surface area contributed by atoms with Gasteiger partial charge in [0, 0.05) is 29.5 Å². The number of aromatic carboxylic acids is 1. The summed E-state index contributed by atoms with van der Waals surface area (Å²) in [5, 5.41) is 26.3. The fourth-order valence-corrected chi connectivity index (χ4v) is 3.40. The van der Waals surface area contributed by atoms with Crippen LogP contribution in [0.1, 0.15) is 34.3 Å². The van der Waals surface area contributed by atoms with Crippen LogP contribution in [-0.2, 0) is 16.0 Å². The zero-order chi connectivity index (χ0) is 26.8. The lowest BCUT2D eigenvalue weighted by atomic mass is 10.1. The lowest BCUT2D eigenvalue weighted by molar-refractivity contribution is -0.137.